The Labute approximate surface area is 141 Å². The van der Waals surface area contributed by atoms with E-state index in [0.29, 0.717) is 18.4 Å². The Kier molecular flexibility index (Phi) is 5.05. The Morgan fingerprint density at radius 3 is 2.62 bits per heavy atom. The lowest BCUT2D eigenvalue weighted by Crippen LogP contribution is -2.51. The van der Waals surface area contributed by atoms with Gasteiger partial charge in [0.2, 0.25) is 11.8 Å². The lowest BCUT2D eigenvalue weighted by Gasteiger charge is -2.35. The van der Waals surface area contributed by atoms with Crippen molar-refractivity contribution in [1.29, 1.82) is 0 Å². The number of rotatable bonds is 4. The number of aromatic nitrogens is 3. The second-order valence-corrected chi connectivity index (χ2v) is 5.40. The molecule has 0 spiro atoms. The fraction of sp³-hybridized carbons (Fsp3) is 0.375. The van der Waals surface area contributed by atoms with Gasteiger partial charge in [0.1, 0.15) is 0 Å². The number of methoxy groups -OCH3 is 1. The van der Waals surface area contributed by atoms with Gasteiger partial charge in [0, 0.05) is 50.8 Å². The van der Waals surface area contributed by atoms with E-state index in [0.717, 1.165) is 37.7 Å². The van der Waals surface area contributed by atoms with Gasteiger partial charge in [0.05, 0.1) is 13.7 Å². The van der Waals surface area contributed by atoms with Gasteiger partial charge in [-0.1, -0.05) is 0 Å². The molecular weight excluding hydrogens is 306 g/mol. The number of nitrogens with two attached hydrogens (primary N) is 1. The van der Waals surface area contributed by atoms with Crippen LogP contribution in [0.25, 0.3) is 0 Å². The molecule has 1 aliphatic heterocycles. The van der Waals surface area contributed by atoms with Gasteiger partial charge in [0.25, 0.3) is 0 Å². The summed E-state index contributed by atoms with van der Waals surface area (Å²) in [6.45, 7) is 3.75. The van der Waals surface area contributed by atoms with E-state index in [1.54, 1.807) is 25.7 Å². The number of anilines is 1. The van der Waals surface area contributed by atoms with E-state index in [2.05, 4.69) is 29.7 Å². The summed E-state index contributed by atoms with van der Waals surface area (Å²) in [4.78, 5) is 21.4. The molecule has 2 aromatic heterocycles. The monoisotopic (exact) mass is 327 g/mol. The van der Waals surface area contributed by atoms with Gasteiger partial charge in [-0.25, -0.2) is 19.9 Å². The largest absolute Gasteiger partial charge is 0.481 e. The predicted octanol–water partition coefficient (Wildman–Crippen LogP) is 0.517. The van der Waals surface area contributed by atoms with Crippen LogP contribution in [-0.4, -0.2) is 59.1 Å². The highest BCUT2D eigenvalue weighted by Gasteiger charge is 2.19. The van der Waals surface area contributed by atoms with E-state index in [-0.39, 0.29) is 0 Å². The highest BCUT2D eigenvalue weighted by atomic mass is 16.5. The van der Waals surface area contributed by atoms with Gasteiger partial charge >= 0.3 is 0 Å². The molecular formula is C16H21N7O. The third-order valence-corrected chi connectivity index (χ3v) is 3.87. The van der Waals surface area contributed by atoms with Gasteiger partial charge in [-0.05, 0) is 17.7 Å². The summed E-state index contributed by atoms with van der Waals surface area (Å²) < 4.78 is 5.11. The average molecular weight is 327 g/mol. The zero-order valence-corrected chi connectivity index (χ0v) is 13.7. The number of aliphatic imine (C=N–C) groups is 1. The Hall–Kier alpha value is -2.90. The first kappa shape index (κ1) is 16.0. The van der Waals surface area contributed by atoms with Crippen LogP contribution in [0.15, 0.2) is 41.8 Å². The molecule has 0 unspecified atom stereocenters. The van der Waals surface area contributed by atoms with Crippen molar-refractivity contribution in [2.45, 2.75) is 6.54 Å². The highest BCUT2D eigenvalue weighted by molar-refractivity contribution is 5.78. The van der Waals surface area contributed by atoms with Gasteiger partial charge < -0.3 is 20.3 Å². The highest BCUT2D eigenvalue weighted by Crippen LogP contribution is 2.11. The fourth-order valence-electron chi connectivity index (χ4n) is 2.52. The molecule has 1 saturated heterocycles. The first-order valence-electron chi connectivity index (χ1n) is 7.82. The summed E-state index contributed by atoms with van der Waals surface area (Å²) >= 11 is 0. The maximum Gasteiger partial charge on any atom is 0.225 e. The van der Waals surface area contributed by atoms with Crippen LogP contribution < -0.4 is 15.4 Å². The fourth-order valence-corrected chi connectivity index (χ4v) is 2.52. The number of hydrogen-bond acceptors (Lipinski definition) is 6. The molecule has 0 saturated carbocycles. The topological polar surface area (TPSA) is 92.8 Å². The third-order valence-electron chi connectivity index (χ3n) is 3.87. The summed E-state index contributed by atoms with van der Waals surface area (Å²) in [7, 11) is 1.60. The quantitative estimate of drug-likeness (QED) is 0.646. The molecule has 8 heteroatoms. The zero-order valence-electron chi connectivity index (χ0n) is 13.7. The number of nitrogens with zero attached hydrogens (tertiary/aromatic N) is 6. The summed E-state index contributed by atoms with van der Waals surface area (Å²) in [5.74, 6) is 1.90. The van der Waals surface area contributed by atoms with E-state index in [1.807, 2.05) is 18.2 Å². The van der Waals surface area contributed by atoms with Gasteiger partial charge in [-0.2, -0.15) is 0 Å². The van der Waals surface area contributed by atoms with Crippen molar-refractivity contribution >= 4 is 11.9 Å². The molecule has 8 nitrogen and oxygen atoms in total. The second kappa shape index (κ2) is 7.58. The van der Waals surface area contributed by atoms with Crippen LogP contribution in [0.3, 0.4) is 0 Å². The first-order valence-corrected chi connectivity index (χ1v) is 7.82. The molecule has 0 aromatic carbocycles. The molecule has 0 bridgehead atoms. The molecule has 2 aromatic rings. The van der Waals surface area contributed by atoms with Crippen LogP contribution in [0.2, 0.25) is 0 Å². The standard InChI is InChI=1S/C16H21N7O/c1-24-14-11-13(3-6-18-14)12-21-15(17)22-7-9-23(10-8-22)16-19-4-2-5-20-16/h2-6,11H,7-10,12H2,1H3,(H2,17,21). The second-order valence-electron chi connectivity index (χ2n) is 5.40. The molecule has 3 heterocycles. The smallest absolute Gasteiger partial charge is 0.225 e. The number of pyridine rings is 1. The van der Waals surface area contributed by atoms with Crippen LogP contribution in [-0.2, 0) is 6.54 Å². The minimum absolute atomic E-state index is 0.507. The van der Waals surface area contributed by atoms with Crippen LogP contribution in [0, 0.1) is 0 Å². The maximum absolute atomic E-state index is 6.13. The lowest BCUT2D eigenvalue weighted by molar-refractivity contribution is 0.378. The van der Waals surface area contributed by atoms with Crippen molar-refractivity contribution in [3.63, 3.8) is 0 Å². The number of hydrogen-bond donors (Lipinski definition) is 1. The Balaban J connectivity index is 1.55. The Bertz CT molecular complexity index is 684. The number of piperazine rings is 1. The van der Waals surface area contributed by atoms with Crippen molar-refractivity contribution < 1.29 is 4.74 Å². The van der Waals surface area contributed by atoms with E-state index >= 15 is 0 Å². The summed E-state index contributed by atoms with van der Waals surface area (Å²) in [5.41, 5.74) is 7.15. The molecule has 3 rings (SSSR count). The minimum atomic E-state index is 0.507. The first-order chi connectivity index (χ1) is 11.8. The van der Waals surface area contributed by atoms with E-state index in [9.17, 15) is 0 Å². The molecule has 0 radical (unpaired) electrons. The van der Waals surface area contributed by atoms with Crippen molar-refractivity contribution in [1.82, 2.24) is 19.9 Å². The van der Waals surface area contributed by atoms with Crippen LogP contribution in [0.4, 0.5) is 5.95 Å². The van der Waals surface area contributed by atoms with Gasteiger partial charge in [0.15, 0.2) is 5.96 Å². The molecule has 1 aliphatic rings. The zero-order chi connectivity index (χ0) is 16.8. The lowest BCUT2D eigenvalue weighted by atomic mass is 10.3. The predicted molar refractivity (Wildman–Crippen MR) is 91.9 cm³/mol. The maximum atomic E-state index is 6.13. The Morgan fingerprint density at radius 2 is 1.92 bits per heavy atom. The SMILES string of the molecule is COc1cc(CN=C(N)N2CCN(c3ncccn3)CC2)ccn1. The van der Waals surface area contributed by atoms with E-state index in [4.69, 9.17) is 10.5 Å². The molecule has 0 amide bonds. The third kappa shape index (κ3) is 3.89. The Morgan fingerprint density at radius 1 is 1.17 bits per heavy atom. The van der Waals surface area contributed by atoms with Crippen molar-refractivity contribution in [3.05, 3.63) is 42.4 Å². The molecule has 2 N–H and O–H groups in total. The minimum Gasteiger partial charge on any atom is -0.481 e. The number of ether oxygens (including phenoxy) is 1. The van der Waals surface area contributed by atoms with Gasteiger partial charge in [-0.3, -0.25) is 0 Å². The average Bonchev–Trinajstić information content (AvgIpc) is 2.67. The van der Waals surface area contributed by atoms with Crippen LogP contribution in [0.5, 0.6) is 5.88 Å². The summed E-state index contributed by atoms with van der Waals surface area (Å²) in [5, 5.41) is 0. The molecule has 0 atom stereocenters. The van der Waals surface area contributed by atoms with E-state index < -0.39 is 0 Å². The number of guanidine groups is 1. The normalized spacial score (nSPS) is 15.5. The van der Waals surface area contributed by atoms with Gasteiger partial charge in [-0.15, -0.1) is 0 Å². The van der Waals surface area contributed by atoms with Crippen molar-refractivity contribution in [3.8, 4) is 5.88 Å². The summed E-state index contributed by atoms with van der Waals surface area (Å²) in [6.07, 6.45) is 5.22. The van der Waals surface area contributed by atoms with E-state index in [1.165, 1.54) is 0 Å². The van der Waals surface area contributed by atoms with Crippen molar-refractivity contribution in [2.24, 2.45) is 10.7 Å². The molecule has 0 aliphatic carbocycles. The molecule has 24 heavy (non-hydrogen) atoms. The van der Waals surface area contributed by atoms with Crippen LogP contribution in [0.1, 0.15) is 5.56 Å². The molecule has 126 valence electrons. The summed E-state index contributed by atoms with van der Waals surface area (Å²) in [6, 6.07) is 5.59. The van der Waals surface area contributed by atoms with Crippen molar-refractivity contribution in [2.75, 3.05) is 38.2 Å². The van der Waals surface area contributed by atoms with Crippen LogP contribution >= 0.6 is 0 Å². The molecule has 1 fully saturated rings.